The summed E-state index contributed by atoms with van der Waals surface area (Å²) < 4.78 is 5.32. The highest BCUT2D eigenvalue weighted by Crippen LogP contribution is 2.28. The molecule has 0 unspecified atom stereocenters. The molecule has 0 bridgehead atoms. The Morgan fingerprint density at radius 3 is 2.42 bits per heavy atom. The smallest absolute Gasteiger partial charge is 0.411 e. The van der Waals surface area contributed by atoms with E-state index in [4.69, 9.17) is 10.5 Å². The van der Waals surface area contributed by atoms with Gasteiger partial charge in [0.25, 0.3) is 0 Å². The number of ether oxygens (including phenoxy) is 1. The molecule has 0 aliphatic heterocycles. The Morgan fingerprint density at radius 2 is 1.73 bits per heavy atom. The summed E-state index contributed by atoms with van der Waals surface area (Å²) in [5.41, 5.74) is 8.36. The summed E-state index contributed by atoms with van der Waals surface area (Å²) >= 11 is 0. The molecule has 0 heterocycles. The highest BCUT2D eigenvalue weighted by molar-refractivity contribution is 5.84. The van der Waals surface area contributed by atoms with Gasteiger partial charge in [0.15, 0.2) is 0 Å². The first-order chi connectivity index (χ1) is 15.9. The molecule has 0 saturated heterocycles. The minimum Gasteiger partial charge on any atom is -0.444 e. The molecule has 3 rings (SSSR count). The first-order valence-electron chi connectivity index (χ1n) is 11.9. The van der Waals surface area contributed by atoms with E-state index in [0.29, 0.717) is 25.3 Å². The third-order valence-electron chi connectivity index (χ3n) is 6.20. The molecule has 6 nitrogen and oxygen atoms in total. The molecule has 178 valence electrons. The van der Waals surface area contributed by atoms with Crippen LogP contribution in [0.25, 0.3) is 0 Å². The van der Waals surface area contributed by atoms with Crippen LogP contribution >= 0.6 is 0 Å². The van der Waals surface area contributed by atoms with Crippen molar-refractivity contribution in [3.05, 3.63) is 65.7 Å². The van der Waals surface area contributed by atoms with Gasteiger partial charge in [-0.15, -0.1) is 0 Å². The second kappa shape index (κ2) is 11.8. The molecule has 2 amide bonds. The Balaban J connectivity index is 1.65. The Bertz CT molecular complexity index is 908. The SMILES string of the molecule is CC(C)(CN)CN(Cc1cccc(NC(=O)OCc2ccccc2)c1)C(=O)C1CCCCC1. The maximum absolute atomic E-state index is 13.4. The van der Waals surface area contributed by atoms with Gasteiger partial charge in [0.1, 0.15) is 6.61 Å². The van der Waals surface area contributed by atoms with E-state index in [-0.39, 0.29) is 23.8 Å². The van der Waals surface area contributed by atoms with Crippen molar-refractivity contribution in [3.8, 4) is 0 Å². The first kappa shape index (κ1) is 24.8. The molecule has 1 fully saturated rings. The number of nitrogens with one attached hydrogen (secondary N) is 1. The van der Waals surface area contributed by atoms with Gasteiger partial charge in [-0.1, -0.05) is 75.6 Å². The van der Waals surface area contributed by atoms with Gasteiger partial charge < -0.3 is 15.4 Å². The zero-order valence-electron chi connectivity index (χ0n) is 19.9. The predicted molar refractivity (Wildman–Crippen MR) is 132 cm³/mol. The fourth-order valence-electron chi connectivity index (χ4n) is 4.25. The molecular weight excluding hydrogens is 414 g/mol. The number of carbonyl (C=O) groups excluding carboxylic acids is 2. The lowest BCUT2D eigenvalue weighted by Crippen LogP contribution is -2.44. The fourth-order valence-corrected chi connectivity index (χ4v) is 4.25. The van der Waals surface area contributed by atoms with Crippen molar-refractivity contribution in [1.29, 1.82) is 0 Å². The van der Waals surface area contributed by atoms with Crippen molar-refractivity contribution in [3.63, 3.8) is 0 Å². The quantitative estimate of drug-likeness (QED) is 0.540. The molecule has 0 aromatic heterocycles. The summed E-state index contributed by atoms with van der Waals surface area (Å²) in [6.07, 6.45) is 4.88. The van der Waals surface area contributed by atoms with Gasteiger partial charge in [-0.05, 0) is 48.1 Å². The third kappa shape index (κ3) is 7.90. The third-order valence-corrected chi connectivity index (χ3v) is 6.20. The number of benzene rings is 2. The van der Waals surface area contributed by atoms with Crippen LogP contribution in [0.4, 0.5) is 10.5 Å². The second-order valence-corrected chi connectivity index (χ2v) is 9.78. The van der Waals surface area contributed by atoms with Crippen LogP contribution in [0.3, 0.4) is 0 Å². The summed E-state index contributed by atoms with van der Waals surface area (Å²) in [4.78, 5) is 27.6. The number of nitrogens with zero attached hydrogens (tertiary/aromatic N) is 1. The van der Waals surface area contributed by atoms with Crippen LogP contribution in [0.15, 0.2) is 54.6 Å². The van der Waals surface area contributed by atoms with E-state index in [9.17, 15) is 9.59 Å². The largest absolute Gasteiger partial charge is 0.444 e. The summed E-state index contributed by atoms with van der Waals surface area (Å²) in [5.74, 6) is 0.318. The molecule has 1 aliphatic carbocycles. The maximum Gasteiger partial charge on any atom is 0.411 e. The first-order valence-corrected chi connectivity index (χ1v) is 11.9. The highest BCUT2D eigenvalue weighted by atomic mass is 16.5. The van der Waals surface area contributed by atoms with Crippen LogP contribution in [-0.4, -0.2) is 30.0 Å². The minimum absolute atomic E-state index is 0.0987. The van der Waals surface area contributed by atoms with Crippen molar-refractivity contribution in [2.75, 3.05) is 18.4 Å². The van der Waals surface area contributed by atoms with E-state index in [2.05, 4.69) is 19.2 Å². The van der Waals surface area contributed by atoms with Crippen molar-refractivity contribution in [2.24, 2.45) is 17.1 Å². The van der Waals surface area contributed by atoms with Crippen molar-refractivity contribution in [1.82, 2.24) is 4.90 Å². The average Bonchev–Trinajstić information content (AvgIpc) is 2.83. The number of hydrogen-bond acceptors (Lipinski definition) is 4. The highest BCUT2D eigenvalue weighted by Gasteiger charge is 2.30. The lowest BCUT2D eigenvalue weighted by molar-refractivity contribution is -0.138. The van der Waals surface area contributed by atoms with Gasteiger partial charge >= 0.3 is 6.09 Å². The van der Waals surface area contributed by atoms with Crippen LogP contribution in [0.2, 0.25) is 0 Å². The van der Waals surface area contributed by atoms with E-state index in [1.165, 1.54) is 6.42 Å². The molecular formula is C27H37N3O3. The Kier molecular flexibility index (Phi) is 8.89. The fraction of sp³-hybridized carbons (Fsp3) is 0.481. The van der Waals surface area contributed by atoms with E-state index >= 15 is 0 Å². The molecule has 3 N–H and O–H groups in total. The number of rotatable bonds is 9. The summed E-state index contributed by atoms with van der Waals surface area (Å²) in [7, 11) is 0. The number of anilines is 1. The van der Waals surface area contributed by atoms with Gasteiger partial charge in [-0.2, -0.15) is 0 Å². The number of hydrogen-bond donors (Lipinski definition) is 2. The summed E-state index contributed by atoms with van der Waals surface area (Å²) in [6.45, 7) is 6.01. The average molecular weight is 452 g/mol. The van der Waals surface area contributed by atoms with Gasteiger partial charge in [0, 0.05) is 24.7 Å². The van der Waals surface area contributed by atoms with Crippen LogP contribution in [0.5, 0.6) is 0 Å². The van der Waals surface area contributed by atoms with Crippen LogP contribution in [0, 0.1) is 11.3 Å². The molecule has 2 aromatic carbocycles. The topological polar surface area (TPSA) is 84.7 Å². The Labute approximate surface area is 197 Å². The van der Waals surface area contributed by atoms with Crippen LogP contribution in [-0.2, 0) is 22.7 Å². The Hall–Kier alpha value is -2.86. The number of carbonyl (C=O) groups is 2. The zero-order chi connectivity index (χ0) is 23.7. The van der Waals surface area contributed by atoms with E-state index < -0.39 is 6.09 Å². The molecule has 2 aromatic rings. The second-order valence-electron chi connectivity index (χ2n) is 9.78. The van der Waals surface area contributed by atoms with Crippen molar-refractivity contribution < 1.29 is 14.3 Å². The van der Waals surface area contributed by atoms with Crippen molar-refractivity contribution >= 4 is 17.7 Å². The normalized spacial score (nSPS) is 14.5. The van der Waals surface area contributed by atoms with Gasteiger partial charge in [-0.25, -0.2) is 4.79 Å². The molecule has 1 saturated carbocycles. The van der Waals surface area contributed by atoms with Crippen LogP contribution in [0.1, 0.15) is 57.1 Å². The summed E-state index contributed by atoms with van der Waals surface area (Å²) in [6, 6.07) is 17.2. The molecule has 33 heavy (non-hydrogen) atoms. The minimum atomic E-state index is -0.504. The molecule has 1 aliphatic rings. The van der Waals surface area contributed by atoms with Gasteiger partial charge in [0.2, 0.25) is 5.91 Å². The molecule has 0 radical (unpaired) electrons. The van der Waals surface area contributed by atoms with Gasteiger partial charge in [-0.3, -0.25) is 10.1 Å². The van der Waals surface area contributed by atoms with Crippen LogP contribution < -0.4 is 11.1 Å². The number of nitrogens with two attached hydrogens (primary N) is 1. The van der Waals surface area contributed by atoms with E-state index in [1.807, 2.05) is 59.5 Å². The Morgan fingerprint density at radius 1 is 1.03 bits per heavy atom. The van der Waals surface area contributed by atoms with Crippen molar-refractivity contribution in [2.45, 2.75) is 59.1 Å². The predicted octanol–water partition coefficient (Wildman–Crippen LogP) is 5.33. The lowest BCUT2D eigenvalue weighted by atomic mass is 9.86. The standard InChI is InChI=1S/C27H37N3O3/c1-27(2,19-28)20-30(25(31)23-13-7-4-8-14-23)17-22-12-9-15-24(16-22)29-26(32)33-18-21-10-5-3-6-11-21/h3,5-6,9-12,15-16,23H,4,7-8,13-14,17-20,28H2,1-2H3,(H,29,32). The summed E-state index contributed by atoms with van der Waals surface area (Å²) in [5, 5.41) is 2.79. The number of amides is 2. The maximum atomic E-state index is 13.4. The monoisotopic (exact) mass is 451 g/mol. The lowest BCUT2D eigenvalue weighted by Gasteiger charge is -2.35. The van der Waals surface area contributed by atoms with E-state index in [1.54, 1.807) is 0 Å². The molecule has 6 heteroatoms. The zero-order valence-corrected chi connectivity index (χ0v) is 19.9. The van der Waals surface area contributed by atoms with E-state index in [0.717, 1.165) is 36.8 Å². The molecule has 0 atom stereocenters. The molecule has 0 spiro atoms. The van der Waals surface area contributed by atoms with Gasteiger partial charge in [0.05, 0.1) is 0 Å².